The number of unbranched alkanes of at least 4 members (excludes halogenated alkanes) is 2. The van der Waals surface area contributed by atoms with Crippen molar-refractivity contribution in [3.8, 4) is 17.6 Å². The molecule has 1 fully saturated rings. The van der Waals surface area contributed by atoms with Crippen molar-refractivity contribution in [3.05, 3.63) is 48.1 Å². The first-order valence-corrected chi connectivity index (χ1v) is 10.9. The molecule has 27 heavy (non-hydrogen) atoms. The van der Waals surface area contributed by atoms with E-state index < -0.39 is 0 Å². The van der Waals surface area contributed by atoms with E-state index in [0.29, 0.717) is 0 Å². The van der Waals surface area contributed by atoms with Crippen molar-refractivity contribution in [2.45, 2.75) is 71.6 Å². The minimum Gasteiger partial charge on any atom is -0.494 e. The molecule has 0 spiro atoms. The van der Waals surface area contributed by atoms with Crippen molar-refractivity contribution in [2.75, 3.05) is 6.61 Å². The van der Waals surface area contributed by atoms with E-state index >= 15 is 0 Å². The van der Waals surface area contributed by atoms with Crippen LogP contribution in [0.5, 0.6) is 5.75 Å². The number of rotatable bonds is 9. The Kier molecular flexibility index (Phi) is 10.5. The Bertz CT molecular complexity index is 618. The molecular formula is C26H36O. The summed E-state index contributed by atoms with van der Waals surface area (Å²) < 4.78 is 5.68. The van der Waals surface area contributed by atoms with E-state index in [2.05, 4.69) is 50.0 Å². The molecule has 1 saturated carbocycles. The average molecular weight is 365 g/mol. The van der Waals surface area contributed by atoms with Gasteiger partial charge in [0.15, 0.2) is 0 Å². The van der Waals surface area contributed by atoms with Crippen molar-refractivity contribution in [3.63, 3.8) is 0 Å². The number of hydrogen-bond donors (Lipinski definition) is 0. The van der Waals surface area contributed by atoms with Crippen LogP contribution in [0, 0.1) is 23.7 Å². The van der Waals surface area contributed by atoms with Gasteiger partial charge in [0.1, 0.15) is 5.75 Å². The highest BCUT2D eigenvalue weighted by Gasteiger charge is 2.18. The lowest BCUT2D eigenvalue weighted by Crippen LogP contribution is -2.12. The van der Waals surface area contributed by atoms with Crippen LogP contribution in [0.2, 0.25) is 0 Å². The van der Waals surface area contributed by atoms with Gasteiger partial charge < -0.3 is 4.74 Å². The number of benzene rings is 1. The third-order valence-electron chi connectivity index (χ3n) is 5.40. The third kappa shape index (κ3) is 9.00. The van der Waals surface area contributed by atoms with Crippen molar-refractivity contribution in [1.82, 2.24) is 0 Å². The maximum Gasteiger partial charge on any atom is 0.119 e. The van der Waals surface area contributed by atoms with Gasteiger partial charge in [0, 0.05) is 0 Å². The number of allylic oxidation sites excluding steroid dienone is 3. The van der Waals surface area contributed by atoms with E-state index in [4.69, 9.17) is 4.74 Å². The van der Waals surface area contributed by atoms with Gasteiger partial charge in [0.05, 0.1) is 6.61 Å². The quantitative estimate of drug-likeness (QED) is 0.327. The number of ether oxygens (including phenoxy) is 1. The summed E-state index contributed by atoms with van der Waals surface area (Å²) in [6, 6.07) is 8.21. The minimum absolute atomic E-state index is 0.737. The van der Waals surface area contributed by atoms with Crippen molar-refractivity contribution < 1.29 is 4.74 Å². The molecule has 0 aromatic heterocycles. The predicted octanol–water partition coefficient (Wildman–Crippen LogP) is 7.43. The first-order valence-electron chi connectivity index (χ1n) is 10.9. The lowest BCUT2D eigenvalue weighted by atomic mass is 9.80. The molecule has 1 aromatic carbocycles. The molecule has 1 aromatic rings. The van der Waals surface area contributed by atoms with Gasteiger partial charge in [-0.25, -0.2) is 0 Å². The molecular weight excluding hydrogens is 328 g/mol. The SMILES string of the molecule is CCCCOc1ccc(C=CC#CC=CC2CCC(CCCC)CC2)cc1. The second kappa shape index (κ2) is 13.3. The Balaban J connectivity index is 1.68. The molecule has 0 bridgehead atoms. The standard InChI is InChI=1S/C26H36O/c1-3-5-11-23-14-16-24(17-15-23)12-9-7-8-10-13-25-18-20-26(21-19-25)27-22-6-4-2/h9-10,12-13,18-21,23-24H,3-6,11,14-17,22H2,1-2H3. The van der Waals surface area contributed by atoms with Gasteiger partial charge >= 0.3 is 0 Å². The normalized spacial score (nSPS) is 19.9. The zero-order valence-electron chi connectivity index (χ0n) is 17.3. The van der Waals surface area contributed by atoms with Crippen molar-refractivity contribution in [2.24, 2.45) is 11.8 Å². The van der Waals surface area contributed by atoms with E-state index in [0.717, 1.165) is 42.6 Å². The fourth-order valence-electron chi connectivity index (χ4n) is 3.59. The molecule has 146 valence electrons. The summed E-state index contributed by atoms with van der Waals surface area (Å²) in [5.41, 5.74) is 1.15. The van der Waals surface area contributed by atoms with Crippen LogP contribution in [0.15, 0.2) is 42.5 Å². The lowest BCUT2D eigenvalue weighted by molar-refractivity contribution is 0.291. The van der Waals surface area contributed by atoms with Crippen LogP contribution < -0.4 is 4.74 Å². The summed E-state index contributed by atoms with van der Waals surface area (Å²) >= 11 is 0. The molecule has 0 unspecified atom stereocenters. The highest BCUT2D eigenvalue weighted by atomic mass is 16.5. The Morgan fingerprint density at radius 3 is 2.33 bits per heavy atom. The molecule has 1 nitrogen and oxygen atoms in total. The molecule has 0 N–H and O–H groups in total. The van der Waals surface area contributed by atoms with Gasteiger partial charge in [-0.2, -0.15) is 0 Å². The first-order chi connectivity index (χ1) is 13.3. The Labute approximate surface area is 166 Å². The van der Waals surface area contributed by atoms with E-state index in [-0.39, 0.29) is 0 Å². The van der Waals surface area contributed by atoms with Gasteiger partial charge in [-0.3, -0.25) is 0 Å². The maximum absolute atomic E-state index is 5.68. The van der Waals surface area contributed by atoms with Gasteiger partial charge in [-0.15, -0.1) is 0 Å². The summed E-state index contributed by atoms with van der Waals surface area (Å²) in [5, 5.41) is 0. The Hall–Kier alpha value is -1.94. The molecule has 0 amide bonds. The van der Waals surface area contributed by atoms with Crippen LogP contribution in [0.25, 0.3) is 6.08 Å². The largest absolute Gasteiger partial charge is 0.494 e. The zero-order valence-corrected chi connectivity index (χ0v) is 17.3. The zero-order chi connectivity index (χ0) is 19.2. The predicted molar refractivity (Wildman–Crippen MR) is 118 cm³/mol. The van der Waals surface area contributed by atoms with Gasteiger partial charge in [-0.1, -0.05) is 69.6 Å². The first kappa shape index (κ1) is 21.4. The minimum atomic E-state index is 0.737. The van der Waals surface area contributed by atoms with Gasteiger partial charge in [0.25, 0.3) is 0 Å². The Morgan fingerprint density at radius 1 is 0.926 bits per heavy atom. The summed E-state index contributed by atoms with van der Waals surface area (Å²) in [5.74, 6) is 8.93. The van der Waals surface area contributed by atoms with Crippen molar-refractivity contribution in [1.29, 1.82) is 0 Å². The molecule has 0 aliphatic heterocycles. The third-order valence-corrected chi connectivity index (χ3v) is 5.40. The fraction of sp³-hybridized carbons (Fsp3) is 0.538. The summed E-state index contributed by atoms with van der Waals surface area (Å²) in [4.78, 5) is 0. The smallest absolute Gasteiger partial charge is 0.119 e. The van der Waals surface area contributed by atoms with Crippen LogP contribution in [-0.4, -0.2) is 6.61 Å². The van der Waals surface area contributed by atoms with E-state index in [9.17, 15) is 0 Å². The van der Waals surface area contributed by atoms with Crippen LogP contribution in [0.1, 0.15) is 77.2 Å². The molecule has 0 saturated heterocycles. The second-order valence-corrected chi connectivity index (χ2v) is 7.68. The number of hydrogen-bond acceptors (Lipinski definition) is 1. The monoisotopic (exact) mass is 364 g/mol. The Morgan fingerprint density at radius 2 is 1.63 bits per heavy atom. The molecule has 2 rings (SSSR count). The highest BCUT2D eigenvalue weighted by molar-refractivity contribution is 5.54. The second-order valence-electron chi connectivity index (χ2n) is 7.68. The topological polar surface area (TPSA) is 9.23 Å². The van der Waals surface area contributed by atoms with Crippen LogP contribution >= 0.6 is 0 Å². The molecule has 0 radical (unpaired) electrons. The molecule has 1 aliphatic carbocycles. The van der Waals surface area contributed by atoms with Crippen LogP contribution in [0.3, 0.4) is 0 Å². The van der Waals surface area contributed by atoms with Crippen LogP contribution in [-0.2, 0) is 0 Å². The van der Waals surface area contributed by atoms with Crippen molar-refractivity contribution >= 4 is 6.08 Å². The van der Waals surface area contributed by atoms with E-state index in [1.165, 1.54) is 44.9 Å². The molecule has 1 aliphatic rings. The molecule has 1 heteroatoms. The summed E-state index contributed by atoms with van der Waals surface area (Å²) in [6.07, 6.45) is 20.3. The fourth-order valence-corrected chi connectivity index (χ4v) is 3.59. The van der Waals surface area contributed by atoms with Crippen LogP contribution in [0.4, 0.5) is 0 Å². The lowest BCUT2D eigenvalue weighted by Gasteiger charge is -2.26. The molecule has 0 heterocycles. The summed E-state index contributed by atoms with van der Waals surface area (Å²) in [6.45, 7) is 5.26. The van der Waals surface area contributed by atoms with Gasteiger partial charge in [-0.05, 0) is 79.9 Å². The summed E-state index contributed by atoms with van der Waals surface area (Å²) in [7, 11) is 0. The average Bonchev–Trinajstić information content (AvgIpc) is 2.71. The van der Waals surface area contributed by atoms with E-state index in [1.54, 1.807) is 0 Å². The van der Waals surface area contributed by atoms with E-state index in [1.807, 2.05) is 24.3 Å². The maximum atomic E-state index is 5.68. The van der Waals surface area contributed by atoms with Gasteiger partial charge in [0.2, 0.25) is 0 Å². The highest BCUT2D eigenvalue weighted by Crippen LogP contribution is 2.32. The molecule has 0 atom stereocenters.